The molecule has 0 saturated heterocycles. The normalized spacial score (nSPS) is 11.1. The number of nitrogens with one attached hydrogen (secondary N) is 1. The van der Waals surface area contributed by atoms with Crippen molar-refractivity contribution in [3.05, 3.63) is 71.3 Å². The minimum absolute atomic E-state index is 0. The van der Waals surface area contributed by atoms with Crippen LogP contribution in [0.1, 0.15) is 33.9 Å². The molecule has 0 spiro atoms. The van der Waals surface area contributed by atoms with Crippen LogP contribution in [0.4, 0.5) is 0 Å². The molecule has 1 amide bonds. The summed E-state index contributed by atoms with van der Waals surface area (Å²) in [5.74, 6) is -0.428. The molecule has 3 N–H and O–H groups in total. The highest BCUT2D eigenvalue weighted by atomic mass is 35.5. The SMILES string of the molecule is COC(=O)c1ccc(CCNC(=O)CC(N)c2ccccc2)cc1.Cl. The maximum Gasteiger partial charge on any atom is 0.337 e. The minimum atomic E-state index is -0.357. The number of benzene rings is 2. The molecule has 134 valence electrons. The molecular weight excluding hydrogens is 340 g/mol. The molecule has 0 aliphatic heterocycles. The Balaban J connectivity index is 0.00000312. The molecule has 1 atom stereocenters. The van der Waals surface area contributed by atoms with Gasteiger partial charge in [0.2, 0.25) is 5.91 Å². The lowest BCUT2D eigenvalue weighted by Crippen LogP contribution is -2.29. The van der Waals surface area contributed by atoms with Crippen molar-refractivity contribution in [2.24, 2.45) is 5.73 Å². The van der Waals surface area contributed by atoms with E-state index in [9.17, 15) is 9.59 Å². The van der Waals surface area contributed by atoms with Gasteiger partial charge in [-0.05, 0) is 29.7 Å². The lowest BCUT2D eigenvalue weighted by atomic mass is 10.0. The second kappa shape index (κ2) is 10.5. The fraction of sp³-hybridized carbons (Fsp3) is 0.263. The molecule has 0 fully saturated rings. The van der Waals surface area contributed by atoms with E-state index in [0.29, 0.717) is 18.5 Å². The van der Waals surface area contributed by atoms with Gasteiger partial charge in [-0.3, -0.25) is 4.79 Å². The molecule has 0 radical (unpaired) electrons. The van der Waals surface area contributed by atoms with Gasteiger partial charge >= 0.3 is 5.97 Å². The number of ether oxygens (including phenoxy) is 1. The summed E-state index contributed by atoms with van der Waals surface area (Å²) in [5.41, 5.74) is 8.53. The summed E-state index contributed by atoms with van der Waals surface area (Å²) in [6.07, 6.45) is 0.944. The number of esters is 1. The van der Waals surface area contributed by atoms with Crippen molar-refractivity contribution in [1.29, 1.82) is 0 Å². The summed E-state index contributed by atoms with van der Waals surface area (Å²) in [6, 6.07) is 16.4. The van der Waals surface area contributed by atoms with E-state index < -0.39 is 0 Å². The number of hydrogen-bond acceptors (Lipinski definition) is 4. The summed E-state index contributed by atoms with van der Waals surface area (Å²) >= 11 is 0. The summed E-state index contributed by atoms with van der Waals surface area (Å²) in [5, 5.41) is 2.87. The van der Waals surface area contributed by atoms with Crippen LogP contribution in [0.2, 0.25) is 0 Å². The smallest absolute Gasteiger partial charge is 0.337 e. The average molecular weight is 363 g/mol. The molecule has 0 saturated carbocycles. The number of amides is 1. The summed E-state index contributed by atoms with van der Waals surface area (Å²) in [6.45, 7) is 0.526. The van der Waals surface area contributed by atoms with Crippen LogP contribution in [0.25, 0.3) is 0 Å². The lowest BCUT2D eigenvalue weighted by Gasteiger charge is -2.12. The van der Waals surface area contributed by atoms with E-state index in [2.05, 4.69) is 10.1 Å². The van der Waals surface area contributed by atoms with Crippen molar-refractivity contribution in [1.82, 2.24) is 5.32 Å². The number of hydrogen-bond donors (Lipinski definition) is 2. The second-order valence-corrected chi connectivity index (χ2v) is 5.51. The quantitative estimate of drug-likeness (QED) is 0.742. The topological polar surface area (TPSA) is 81.4 Å². The Morgan fingerprint density at radius 1 is 1.08 bits per heavy atom. The molecule has 0 aliphatic carbocycles. The molecule has 0 aliphatic rings. The first-order chi connectivity index (χ1) is 11.6. The Bertz CT molecular complexity index is 675. The zero-order chi connectivity index (χ0) is 17.4. The van der Waals surface area contributed by atoms with Crippen molar-refractivity contribution in [3.8, 4) is 0 Å². The Morgan fingerprint density at radius 2 is 1.72 bits per heavy atom. The van der Waals surface area contributed by atoms with Gasteiger partial charge in [-0.2, -0.15) is 0 Å². The number of carbonyl (C=O) groups excluding carboxylic acids is 2. The zero-order valence-corrected chi connectivity index (χ0v) is 14.9. The summed E-state index contributed by atoms with van der Waals surface area (Å²) in [4.78, 5) is 23.3. The van der Waals surface area contributed by atoms with Crippen molar-refractivity contribution in [2.75, 3.05) is 13.7 Å². The maximum absolute atomic E-state index is 11.9. The Kier molecular flexibility index (Phi) is 8.67. The van der Waals surface area contributed by atoms with Crippen LogP contribution >= 0.6 is 12.4 Å². The lowest BCUT2D eigenvalue weighted by molar-refractivity contribution is -0.121. The van der Waals surface area contributed by atoms with Gasteiger partial charge in [-0.15, -0.1) is 12.4 Å². The monoisotopic (exact) mass is 362 g/mol. The van der Waals surface area contributed by atoms with Crippen LogP contribution in [0.3, 0.4) is 0 Å². The van der Waals surface area contributed by atoms with Crippen LogP contribution in [0.5, 0.6) is 0 Å². The van der Waals surface area contributed by atoms with Crippen LogP contribution in [0.15, 0.2) is 54.6 Å². The minimum Gasteiger partial charge on any atom is -0.465 e. The van der Waals surface area contributed by atoms with Crippen LogP contribution in [-0.2, 0) is 16.0 Å². The summed E-state index contributed by atoms with van der Waals surface area (Å²) in [7, 11) is 1.35. The predicted octanol–water partition coefficient (Wildman–Crippen LogP) is 2.64. The molecule has 2 aromatic rings. The second-order valence-electron chi connectivity index (χ2n) is 5.51. The third kappa shape index (κ3) is 6.57. The van der Waals surface area contributed by atoms with Crippen LogP contribution in [-0.4, -0.2) is 25.5 Å². The van der Waals surface area contributed by atoms with E-state index in [1.54, 1.807) is 12.1 Å². The first-order valence-corrected chi connectivity index (χ1v) is 7.84. The van der Waals surface area contributed by atoms with Crippen molar-refractivity contribution >= 4 is 24.3 Å². The van der Waals surface area contributed by atoms with Crippen molar-refractivity contribution in [3.63, 3.8) is 0 Å². The highest BCUT2D eigenvalue weighted by Crippen LogP contribution is 2.13. The standard InChI is InChI=1S/C19H22N2O3.ClH/c1-24-19(23)16-9-7-14(8-10-16)11-12-21-18(22)13-17(20)15-5-3-2-4-6-15;/h2-10,17H,11-13,20H2,1H3,(H,21,22);1H. The Labute approximate surface area is 154 Å². The van der Waals surface area contributed by atoms with Crippen LogP contribution in [0, 0.1) is 0 Å². The zero-order valence-electron chi connectivity index (χ0n) is 14.1. The van der Waals surface area contributed by atoms with Gasteiger partial charge < -0.3 is 15.8 Å². The molecule has 2 aromatic carbocycles. The van der Waals surface area contributed by atoms with Crippen LogP contribution < -0.4 is 11.1 Å². The molecule has 25 heavy (non-hydrogen) atoms. The molecular formula is C19H23ClN2O3. The van der Waals surface area contributed by atoms with Gasteiger partial charge in [-0.25, -0.2) is 4.79 Å². The van der Waals surface area contributed by atoms with Gasteiger partial charge in [0, 0.05) is 19.0 Å². The number of nitrogens with two attached hydrogens (primary N) is 1. The highest BCUT2D eigenvalue weighted by Gasteiger charge is 2.11. The molecule has 1 unspecified atom stereocenters. The fourth-order valence-corrected chi connectivity index (χ4v) is 2.36. The number of halogens is 1. The molecule has 5 nitrogen and oxygen atoms in total. The maximum atomic E-state index is 11.9. The average Bonchev–Trinajstić information content (AvgIpc) is 2.62. The van der Waals surface area contributed by atoms with Gasteiger partial charge in [0.1, 0.15) is 0 Å². The first-order valence-electron chi connectivity index (χ1n) is 7.84. The van der Waals surface area contributed by atoms with Gasteiger partial charge in [0.05, 0.1) is 12.7 Å². The van der Waals surface area contributed by atoms with Crippen molar-refractivity contribution in [2.45, 2.75) is 18.9 Å². The number of rotatable bonds is 7. The molecule has 6 heteroatoms. The molecule has 0 aromatic heterocycles. The Morgan fingerprint density at radius 3 is 2.32 bits per heavy atom. The van der Waals surface area contributed by atoms with E-state index in [-0.39, 0.29) is 36.7 Å². The number of carbonyl (C=O) groups is 2. The molecule has 2 rings (SSSR count). The van der Waals surface area contributed by atoms with E-state index in [1.165, 1.54) is 7.11 Å². The molecule has 0 bridgehead atoms. The van der Waals surface area contributed by atoms with Gasteiger partial charge in [0.25, 0.3) is 0 Å². The van der Waals surface area contributed by atoms with Gasteiger partial charge in [-0.1, -0.05) is 42.5 Å². The number of methoxy groups -OCH3 is 1. The third-order valence-corrected chi connectivity index (χ3v) is 3.74. The van der Waals surface area contributed by atoms with Gasteiger partial charge in [0.15, 0.2) is 0 Å². The fourth-order valence-electron chi connectivity index (χ4n) is 2.36. The summed E-state index contributed by atoms with van der Waals surface area (Å²) < 4.78 is 4.65. The predicted molar refractivity (Wildman–Crippen MR) is 99.7 cm³/mol. The first kappa shape index (κ1) is 20.7. The van der Waals surface area contributed by atoms with E-state index >= 15 is 0 Å². The van der Waals surface area contributed by atoms with E-state index in [4.69, 9.17) is 5.73 Å². The van der Waals surface area contributed by atoms with Crippen molar-refractivity contribution < 1.29 is 14.3 Å². The molecule has 0 heterocycles. The highest BCUT2D eigenvalue weighted by molar-refractivity contribution is 5.89. The largest absolute Gasteiger partial charge is 0.465 e. The third-order valence-electron chi connectivity index (χ3n) is 3.74. The Hall–Kier alpha value is -2.37. The van der Waals surface area contributed by atoms with E-state index in [1.807, 2.05) is 42.5 Å². The van der Waals surface area contributed by atoms with E-state index in [0.717, 1.165) is 11.1 Å².